The minimum absolute atomic E-state index is 0.0224. The molecule has 0 atom stereocenters. The fourth-order valence-electron chi connectivity index (χ4n) is 2.56. The molecule has 0 spiro atoms. The Labute approximate surface area is 130 Å². The lowest BCUT2D eigenvalue weighted by atomic mass is 9.79. The lowest BCUT2D eigenvalue weighted by Crippen LogP contribution is -2.37. The number of hydrogen-bond donors (Lipinski definition) is 2. The molecular formula is C16H24N2O4. The molecule has 0 heterocycles. The van der Waals surface area contributed by atoms with Crippen molar-refractivity contribution in [3.8, 4) is 0 Å². The topological polar surface area (TPSA) is 92.5 Å². The van der Waals surface area contributed by atoms with Crippen molar-refractivity contribution in [2.24, 2.45) is 5.41 Å². The Morgan fingerprint density at radius 1 is 1.36 bits per heavy atom. The number of nitro benzene ring substituents is 1. The van der Waals surface area contributed by atoms with Crippen LogP contribution in [0.5, 0.6) is 0 Å². The smallest absolute Gasteiger partial charge is 0.269 e. The van der Waals surface area contributed by atoms with Gasteiger partial charge in [0.05, 0.1) is 4.92 Å². The van der Waals surface area contributed by atoms with Crippen molar-refractivity contribution in [3.05, 3.63) is 39.4 Å². The molecule has 0 unspecified atom stereocenters. The van der Waals surface area contributed by atoms with Crippen molar-refractivity contribution >= 4 is 11.6 Å². The zero-order valence-electron chi connectivity index (χ0n) is 13.4. The molecule has 6 nitrogen and oxygen atoms in total. The third-order valence-corrected chi connectivity index (χ3v) is 4.43. The first-order chi connectivity index (χ1) is 10.4. The van der Waals surface area contributed by atoms with Gasteiger partial charge in [-0.3, -0.25) is 14.9 Å². The summed E-state index contributed by atoms with van der Waals surface area (Å²) in [6, 6.07) is 4.21. The standard InChI is InChI=1S/C16H24N2O4/c1-4-16(5-2,8-9-19)11-17-15(20)14-7-6-13(18(21)22)10-12(14)3/h6-7,10,19H,4-5,8-9,11H2,1-3H3,(H,17,20). The number of amides is 1. The third-order valence-electron chi connectivity index (χ3n) is 4.43. The van der Waals surface area contributed by atoms with Crippen LogP contribution in [0.4, 0.5) is 5.69 Å². The molecule has 1 amide bonds. The van der Waals surface area contributed by atoms with Gasteiger partial charge in [-0.25, -0.2) is 0 Å². The summed E-state index contributed by atoms with van der Waals surface area (Å²) in [5, 5.41) is 22.8. The molecule has 1 aromatic carbocycles. The molecule has 22 heavy (non-hydrogen) atoms. The molecule has 6 heteroatoms. The molecule has 122 valence electrons. The molecule has 1 aromatic rings. The minimum atomic E-state index is -0.477. The summed E-state index contributed by atoms with van der Waals surface area (Å²) in [7, 11) is 0. The quantitative estimate of drug-likeness (QED) is 0.570. The maximum absolute atomic E-state index is 12.3. The van der Waals surface area contributed by atoms with Crippen LogP contribution >= 0.6 is 0 Å². The summed E-state index contributed by atoms with van der Waals surface area (Å²) in [6.45, 7) is 6.34. The van der Waals surface area contributed by atoms with E-state index >= 15 is 0 Å². The number of nitrogens with one attached hydrogen (secondary N) is 1. The lowest BCUT2D eigenvalue weighted by Gasteiger charge is -2.31. The molecule has 0 saturated carbocycles. The van der Waals surface area contributed by atoms with Crippen molar-refractivity contribution in [1.29, 1.82) is 0 Å². The van der Waals surface area contributed by atoms with Gasteiger partial charge in [0.15, 0.2) is 0 Å². The largest absolute Gasteiger partial charge is 0.396 e. The highest BCUT2D eigenvalue weighted by Gasteiger charge is 2.26. The molecule has 0 aliphatic carbocycles. The van der Waals surface area contributed by atoms with Crippen LogP contribution in [0, 0.1) is 22.5 Å². The molecule has 0 fully saturated rings. The lowest BCUT2D eigenvalue weighted by molar-refractivity contribution is -0.384. The van der Waals surface area contributed by atoms with E-state index in [4.69, 9.17) is 0 Å². The van der Waals surface area contributed by atoms with Crippen LogP contribution in [0.1, 0.15) is 49.0 Å². The monoisotopic (exact) mass is 308 g/mol. The summed E-state index contributed by atoms with van der Waals surface area (Å²) >= 11 is 0. The number of non-ortho nitro benzene ring substituents is 1. The summed E-state index contributed by atoms with van der Waals surface area (Å²) in [4.78, 5) is 22.5. The Hall–Kier alpha value is -1.95. The third kappa shape index (κ3) is 4.27. The van der Waals surface area contributed by atoms with E-state index in [1.807, 2.05) is 13.8 Å². The van der Waals surface area contributed by atoms with Gasteiger partial charge in [-0.1, -0.05) is 13.8 Å². The molecule has 0 saturated heterocycles. The van der Waals surface area contributed by atoms with Gasteiger partial charge >= 0.3 is 0 Å². The Morgan fingerprint density at radius 2 is 2.00 bits per heavy atom. The first-order valence-corrected chi connectivity index (χ1v) is 7.53. The first kappa shape index (κ1) is 18.1. The summed E-state index contributed by atoms with van der Waals surface area (Å²) in [5.74, 6) is -0.239. The van der Waals surface area contributed by atoms with E-state index in [1.165, 1.54) is 18.2 Å². The fraction of sp³-hybridized carbons (Fsp3) is 0.562. The normalized spacial score (nSPS) is 11.3. The number of aryl methyl sites for hydroxylation is 1. The van der Waals surface area contributed by atoms with Crippen LogP contribution in [-0.2, 0) is 0 Å². The van der Waals surface area contributed by atoms with Gasteiger partial charge < -0.3 is 10.4 Å². The predicted molar refractivity (Wildman–Crippen MR) is 84.9 cm³/mol. The van der Waals surface area contributed by atoms with E-state index in [9.17, 15) is 20.0 Å². The number of carbonyl (C=O) groups is 1. The van der Waals surface area contributed by atoms with E-state index in [-0.39, 0.29) is 23.6 Å². The second-order valence-corrected chi connectivity index (χ2v) is 5.62. The second-order valence-electron chi connectivity index (χ2n) is 5.62. The van der Waals surface area contributed by atoms with E-state index < -0.39 is 4.92 Å². The molecule has 0 aliphatic heterocycles. The SMILES string of the molecule is CCC(CC)(CCO)CNC(=O)c1ccc([N+](=O)[O-])cc1C. The summed E-state index contributed by atoms with van der Waals surface area (Å²) < 4.78 is 0. The maximum Gasteiger partial charge on any atom is 0.269 e. The van der Waals surface area contributed by atoms with Crippen LogP contribution in [0.2, 0.25) is 0 Å². The van der Waals surface area contributed by atoms with Crippen molar-refractivity contribution < 1.29 is 14.8 Å². The number of nitro groups is 1. The zero-order chi connectivity index (χ0) is 16.8. The van der Waals surface area contributed by atoms with Crippen molar-refractivity contribution in [2.45, 2.75) is 40.0 Å². The average molecular weight is 308 g/mol. The minimum Gasteiger partial charge on any atom is -0.396 e. The van der Waals surface area contributed by atoms with Crippen molar-refractivity contribution in [3.63, 3.8) is 0 Å². The first-order valence-electron chi connectivity index (χ1n) is 7.53. The van der Waals surface area contributed by atoms with Gasteiger partial charge in [0.1, 0.15) is 0 Å². The van der Waals surface area contributed by atoms with Gasteiger partial charge in [0, 0.05) is 30.8 Å². The maximum atomic E-state index is 12.3. The van der Waals surface area contributed by atoms with E-state index in [1.54, 1.807) is 6.92 Å². The molecule has 0 aliphatic rings. The van der Waals surface area contributed by atoms with Gasteiger partial charge in [-0.15, -0.1) is 0 Å². The Morgan fingerprint density at radius 3 is 2.45 bits per heavy atom. The van der Waals surface area contributed by atoms with Gasteiger partial charge in [0.25, 0.3) is 11.6 Å². The second kappa shape index (κ2) is 7.89. The average Bonchev–Trinajstić information content (AvgIpc) is 2.51. The highest BCUT2D eigenvalue weighted by atomic mass is 16.6. The number of benzene rings is 1. The Bertz CT molecular complexity index is 539. The summed E-state index contributed by atoms with van der Waals surface area (Å²) in [5.41, 5.74) is 0.882. The molecule has 0 bridgehead atoms. The van der Waals surface area contributed by atoms with Gasteiger partial charge in [-0.05, 0) is 43.2 Å². The van der Waals surface area contributed by atoms with E-state index in [0.717, 1.165) is 12.8 Å². The number of nitrogens with zero attached hydrogens (tertiary/aromatic N) is 1. The van der Waals surface area contributed by atoms with E-state index in [2.05, 4.69) is 5.32 Å². The number of aliphatic hydroxyl groups excluding tert-OH is 1. The number of hydrogen-bond acceptors (Lipinski definition) is 4. The Balaban J connectivity index is 2.83. The number of carbonyl (C=O) groups excluding carboxylic acids is 1. The van der Waals surface area contributed by atoms with Crippen LogP contribution < -0.4 is 5.32 Å². The summed E-state index contributed by atoms with van der Waals surface area (Å²) in [6.07, 6.45) is 2.37. The molecule has 0 radical (unpaired) electrons. The van der Waals surface area contributed by atoms with Crippen molar-refractivity contribution in [2.75, 3.05) is 13.2 Å². The predicted octanol–water partition coefficient (Wildman–Crippen LogP) is 2.82. The van der Waals surface area contributed by atoms with Crippen LogP contribution in [-0.4, -0.2) is 29.1 Å². The molecular weight excluding hydrogens is 284 g/mol. The van der Waals surface area contributed by atoms with Crippen LogP contribution in [0.3, 0.4) is 0 Å². The molecule has 1 rings (SSSR count). The fourth-order valence-corrected chi connectivity index (χ4v) is 2.56. The number of rotatable bonds is 8. The van der Waals surface area contributed by atoms with Crippen LogP contribution in [0.25, 0.3) is 0 Å². The Kier molecular flexibility index (Phi) is 6.49. The van der Waals surface area contributed by atoms with E-state index in [0.29, 0.717) is 24.1 Å². The highest BCUT2D eigenvalue weighted by Crippen LogP contribution is 2.29. The zero-order valence-corrected chi connectivity index (χ0v) is 13.4. The number of aliphatic hydroxyl groups is 1. The highest BCUT2D eigenvalue weighted by molar-refractivity contribution is 5.95. The van der Waals surface area contributed by atoms with Gasteiger partial charge in [0.2, 0.25) is 0 Å². The van der Waals surface area contributed by atoms with Crippen molar-refractivity contribution in [1.82, 2.24) is 5.32 Å². The molecule has 0 aromatic heterocycles. The molecule has 2 N–H and O–H groups in total. The van der Waals surface area contributed by atoms with Gasteiger partial charge in [-0.2, -0.15) is 0 Å². The van der Waals surface area contributed by atoms with Crippen LogP contribution in [0.15, 0.2) is 18.2 Å².